The summed E-state index contributed by atoms with van der Waals surface area (Å²) in [5.74, 6) is 0.577. The minimum Gasteiger partial charge on any atom is -0.392 e. The Morgan fingerprint density at radius 1 is 1.33 bits per heavy atom. The van der Waals surface area contributed by atoms with Gasteiger partial charge in [-0.15, -0.1) is 10.2 Å². The largest absolute Gasteiger partial charge is 0.417 e. The standard InChI is InChI=1S/C16H21F3N4O/c1-2-13(24)10-22-7-3-4-11(8-22)15-21-20-14-6-5-12(9-23(14)15)16(17,18)19/h5-6,9,11,13,24H,2-4,7-8,10H2,1H3/t11?,13-/m1/s1. The van der Waals surface area contributed by atoms with Crippen LogP contribution in [-0.4, -0.2) is 50.3 Å². The maximum Gasteiger partial charge on any atom is 0.417 e. The summed E-state index contributed by atoms with van der Waals surface area (Å²) in [6.45, 7) is 4.07. The molecular weight excluding hydrogens is 321 g/mol. The first-order chi connectivity index (χ1) is 11.4. The van der Waals surface area contributed by atoms with Crippen molar-refractivity contribution < 1.29 is 18.3 Å². The number of rotatable bonds is 4. The Bertz CT molecular complexity index is 700. The average Bonchev–Trinajstić information content (AvgIpc) is 2.97. The van der Waals surface area contributed by atoms with E-state index in [4.69, 9.17) is 0 Å². The second kappa shape index (κ2) is 6.68. The van der Waals surface area contributed by atoms with Crippen LogP contribution < -0.4 is 0 Å². The lowest BCUT2D eigenvalue weighted by molar-refractivity contribution is -0.137. The number of aromatic nitrogens is 3. The maximum atomic E-state index is 13.0. The van der Waals surface area contributed by atoms with Crippen molar-refractivity contribution >= 4 is 5.65 Å². The van der Waals surface area contributed by atoms with Gasteiger partial charge in [0, 0.05) is 25.2 Å². The van der Waals surface area contributed by atoms with Crippen LogP contribution in [0.3, 0.4) is 0 Å². The van der Waals surface area contributed by atoms with Gasteiger partial charge in [0.1, 0.15) is 5.82 Å². The Kier molecular flexibility index (Phi) is 4.78. The molecule has 3 rings (SSSR count). The van der Waals surface area contributed by atoms with Gasteiger partial charge >= 0.3 is 6.18 Å². The molecule has 3 heterocycles. The van der Waals surface area contributed by atoms with Gasteiger partial charge in [0.25, 0.3) is 0 Å². The zero-order valence-corrected chi connectivity index (χ0v) is 13.5. The minimum atomic E-state index is -4.39. The molecule has 0 amide bonds. The van der Waals surface area contributed by atoms with Gasteiger partial charge in [0.15, 0.2) is 5.65 Å². The van der Waals surface area contributed by atoms with Crippen molar-refractivity contribution in [1.82, 2.24) is 19.5 Å². The summed E-state index contributed by atoms with van der Waals surface area (Å²) in [6.07, 6.45) is -1.23. The number of alkyl halides is 3. The molecule has 1 aliphatic rings. The fourth-order valence-corrected chi connectivity index (χ4v) is 3.21. The fraction of sp³-hybridized carbons (Fsp3) is 0.625. The molecule has 1 saturated heterocycles. The first-order valence-electron chi connectivity index (χ1n) is 8.20. The zero-order valence-electron chi connectivity index (χ0n) is 13.5. The van der Waals surface area contributed by atoms with Gasteiger partial charge in [0.05, 0.1) is 11.7 Å². The summed E-state index contributed by atoms with van der Waals surface area (Å²) in [5, 5.41) is 18.0. The molecule has 8 heteroatoms. The number of halogens is 3. The van der Waals surface area contributed by atoms with Crippen LogP contribution in [0.4, 0.5) is 13.2 Å². The number of pyridine rings is 1. The molecular formula is C16H21F3N4O. The first kappa shape index (κ1) is 17.2. The van der Waals surface area contributed by atoms with Crippen LogP contribution in [0, 0.1) is 0 Å². The number of fused-ring (bicyclic) bond motifs is 1. The van der Waals surface area contributed by atoms with Crippen LogP contribution in [0.1, 0.15) is 43.5 Å². The van der Waals surface area contributed by atoms with Gasteiger partial charge < -0.3 is 10.0 Å². The molecule has 24 heavy (non-hydrogen) atoms. The number of hydrogen-bond donors (Lipinski definition) is 1. The third-order valence-corrected chi connectivity index (χ3v) is 4.57. The smallest absolute Gasteiger partial charge is 0.392 e. The summed E-state index contributed by atoms with van der Waals surface area (Å²) >= 11 is 0. The lowest BCUT2D eigenvalue weighted by Gasteiger charge is -2.33. The van der Waals surface area contributed by atoms with E-state index in [9.17, 15) is 18.3 Å². The van der Waals surface area contributed by atoms with Gasteiger partial charge in [-0.05, 0) is 37.9 Å². The van der Waals surface area contributed by atoms with Crippen molar-refractivity contribution in [3.8, 4) is 0 Å². The average molecular weight is 342 g/mol. The highest BCUT2D eigenvalue weighted by Crippen LogP contribution is 2.31. The summed E-state index contributed by atoms with van der Waals surface area (Å²) in [6, 6.07) is 2.37. The molecule has 0 aliphatic carbocycles. The van der Waals surface area contributed by atoms with E-state index in [-0.39, 0.29) is 12.0 Å². The molecule has 1 N–H and O–H groups in total. The van der Waals surface area contributed by atoms with Gasteiger partial charge in [-0.2, -0.15) is 13.2 Å². The van der Waals surface area contributed by atoms with Crippen LogP contribution in [0.2, 0.25) is 0 Å². The first-order valence-corrected chi connectivity index (χ1v) is 8.20. The van der Waals surface area contributed by atoms with E-state index in [1.165, 1.54) is 10.5 Å². The molecule has 0 bridgehead atoms. The number of hydrogen-bond acceptors (Lipinski definition) is 4. The number of β-amino-alcohol motifs (C(OH)–C–C–N with tert-alkyl or cyclic N) is 1. The van der Waals surface area contributed by atoms with Crippen molar-refractivity contribution in [1.29, 1.82) is 0 Å². The second-order valence-electron chi connectivity index (χ2n) is 6.36. The molecule has 0 radical (unpaired) electrons. The van der Waals surface area contributed by atoms with E-state index in [2.05, 4.69) is 15.1 Å². The molecule has 5 nitrogen and oxygen atoms in total. The topological polar surface area (TPSA) is 53.7 Å². The van der Waals surface area contributed by atoms with Crippen molar-refractivity contribution in [2.24, 2.45) is 0 Å². The van der Waals surface area contributed by atoms with E-state index < -0.39 is 11.7 Å². The Morgan fingerprint density at radius 3 is 2.83 bits per heavy atom. The Balaban J connectivity index is 1.85. The molecule has 2 aromatic rings. The molecule has 0 aromatic carbocycles. The van der Waals surface area contributed by atoms with Gasteiger partial charge in [-0.25, -0.2) is 0 Å². The van der Waals surface area contributed by atoms with Crippen LogP contribution >= 0.6 is 0 Å². The molecule has 1 unspecified atom stereocenters. The third kappa shape index (κ3) is 3.54. The number of nitrogens with zero attached hydrogens (tertiary/aromatic N) is 4. The monoisotopic (exact) mass is 342 g/mol. The highest BCUT2D eigenvalue weighted by molar-refractivity contribution is 5.40. The van der Waals surface area contributed by atoms with Crippen molar-refractivity contribution in [2.45, 2.75) is 44.4 Å². The zero-order chi connectivity index (χ0) is 17.3. The summed E-state index contributed by atoms with van der Waals surface area (Å²) in [5.41, 5.74) is -0.283. The molecule has 2 aromatic heterocycles. The number of aliphatic hydroxyl groups excluding tert-OH is 1. The van der Waals surface area contributed by atoms with E-state index >= 15 is 0 Å². The molecule has 0 saturated carbocycles. The Morgan fingerprint density at radius 2 is 2.12 bits per heavy atom. The minimum absolute atomic E-state index is 0.0151. The number of likely N-dealkylation sites (tertiary alicyclic amines) is 1. The highest BCUT2D eigenvalue weighted by Gasteiger charge is 2.32. The Labute approximate surface area is 138 Å². The van der Waals surface area contributed by atoms with Gasteiger partial charge in [0.2, 0.25) is 0 Å². The van der Waals surface area contributed by atoms with E-state index in [1.807, 2.05) is 6.92 Å². The lowest BCUT2D eigenvalue weighted by atomic mass is 9.96. The third-order valence-electron chi connectivity index (χ3n) is 4.57. The highest BCUT2D eigenvalue weighted by atomic mass is 19.4. The summed E-state index contributed by atoms with van der Waals surface area (Å²) < 4.78 is 40.3. The van der Waals surface area contributed by atoms with Crippen molar-refractivity contribution in [3.63, 3.8) is 0 Å². The summed E-state index contributed by atoms with van der Waals surface area (Å²) in [7, 11) is 0. The maximum absolute atomic E-state index is 13.0. The second-order valence-corrected chi connectivity index (χ2v) is 6.36. The predicted octanol–water partition coefficient (Wildman–Crippen LogP) is 2.70. The fourth-order valence-electron chi connectivity index (χ4n) is 3.21. The summed E-state index contributed by atoms with van der Waals surface area (Å²) in [4.78, 5) is 2.15. The Hall–Kier alpha value is -1.67. The predicted molar refractivity (Wildman–Crippen MR) is 82.7 cm³/mol. The quantitative estimate of drug-likeness (QED) is 0.928. The van der Waals surface area contributed by atoms with Crippen LogP contribution in [0.15, 0.2) is 18.3 Å². The van der Waals surface area contributed by atoms with Crippen LogP contribution in [-0.2, 0) is 6.18 Å². The van der Waals surface area contributed by atoms with Crippen molar-refractivity contribution in [2.75, 3.05) is 19.6 Å². The van der Waals surface area contributed by atoms with Gasteiger partial charge in [-0.3, -0.25) is 4.40 Å². The number of piperidine rings is 1. The van der Waals surface area contributed by atoms with E-state index in [0.29, 0.717) is 31.0 Å². The van der Waals surface area contributed by atoms with Gasteiger partial charge in [-0.1, -0.05) is 6.92 Å². The molecule has 2 atom stereocenters. The van der Waals surface area contributed by atoms with Crippen molar-refractivity contribution in [3.05, 3.63) is 29.7 Å². The molecule has 1 fully saturated rings. The molecule has 1 aliphatic heterocycles. The van der Waals surface area contributed by atoms with E-state index in [1.54, 1.807) is 0 Å². The molecule has 0 spiro atoms. The molecule has 132 valence electrons. The lowest BCUT2D eigenvalue weighted by Crippen LogP contribution is -2.39. The SMILES string of the molecule is CC[C@@H](O)CN1CCCC(c2nnc3ccc(C(F)(F)F)cn23)C1. The number of aliphatic hydroxyl groups is 1. The normalized spacial score (nSPS) is 21.3. The van der Waals surface area contributed by atoms with Crippen LogP contribution in [0.25, 0.3) is 5.65 Å². The van der Waals surface area contributed by atoms with Crippen LogP contribution in [0.5, 0.6) is 0 Å². The van der Waals surface area contributed by atoms with E-state index in [0.717, 1.165) is 31.6 Å².